The molecule has 1 fully saturated rings. The summed E-state index contributed by atoms with van der Waals surface area (Å²) in [4.78, 5) is 28.0. The summed E-state index contributed by atoms with van der Waals surface area (Å²) in [6, 6.07) is 0. The molecule has 0 amide bonds. The Kier molecular flexibility index (Phi) is 4.06. The Hall–Kier alpha value is -1.92. The van der Waals surface area contributed by atoms with E-state index in [0.29, 0.717) is 36.6 Å². The molecular formula is C13H21N5O2. The first kappa shape index (κ1) is 14.5. The molecule has 2 heterocycles. The topological polar surface area (TPSA) is 82.5 Å². The van der Waals surface area contributed by atoms with Gasteiger partial charge in [0.2, 0.25) is 11.9 Å². The van der Waals surface area contributed by atoms with Crippen molar-refractivity contribution in [3.8, 4) is 0 Å². The van der Waals surface area contributed by atoms with E-state index < -0.39 is 5.97 Å². The predicted octanol–water partition coefficient (Wildman–Crippen LogP) is 0.793. The molecular weight excluding hydrogens is 258 g/mol. The first-order valence-corrected chi connectivity index (χ1v) is 6.74. The van der Waals surface area contributed by atoms with Crippen molar-refractivity contribution >= 4 is 17.9 Å². The summed E-state index contributed by atoms with van der Waals surface area (Å²) in [6.07, 6.45) is 0.705. The van der Waals surface area contributed by atoms with Crippen LogP contribution in [0.3, 0.4) is 0 Å². The molecule has 1 saturated heterocycles. The van der Waals surface area contributed by atoms with Crippen LogP contribution in [0.15, 0.2) is 0 Å². The number of aliphatic carboxylic acids is 1. The molecule has 7 heteroatoms. The highest BCUT2D eigenvalue weighted by molar-refractivity contribution is 5.71. The van der Waals surface area contributed by atoms with Gasteiger partial charge in [-0.15, -0.1) is 0 Å². The van der Waals surface area contributed by atoms with Crippen LogP contribution in [-0.2, 0) is 4.79 Å². The van der Waals surface area contributed by atoms with Crippen LogP contribution in [0.5, 0.6) is 0 Å². The van der Waals surface area contributed by atoms with Gasteiger partial charge in [-0.05, 0) is 19.3 Å². The molecule has 1 aliphatic rings. The molecule has 1 aromatic rings. The number of hydrogen-bond donors (Lipinski definition) is 1. The molecule has 1 N–H and O–H groups in total. The molecule has 7 nitrogen and oxygen atoms in total. The molecule has 1 aromatic heterocycles. The molecule has 0 radical (unpaired) electrons. The average molecular weight is 279 g/mol. The first-order chi connectivity index (χ1) is 9.36. The Morgan fingerprint density at radius 2 is 2.00 bits per heavy atom. The maximum Gasteiger partial charge on any atom is 0.308 e. The van der Waals surface area contributed by atoms with E-state index in [4.69, 9.17) is 0 Å². The van der Waals surface area contributed by atoms with E-state index in [1.165, 1.54) is 0 Å². The third-order valence-electron chi connectivity index (χ3n) is 3.42. The molecule has 2 unspecified atom stereocenters. The minimum absolute atomic E-state index is 0.310. The lowest BCUT2D eigenvalue weighted by Crippen LogP contribution is -2.43. The number of piperidine rings is 1. The molecule has 0 spiro atoms. The van der Waals surface area contributed by atoms with Crippen molar-refractivity contribution in [2.24, 2.45) is 11.8 Å². The van der Waals surface area contributed by atoms with Gasteiger partial charge in [0.25, 0.3) is 0 Å². The second-order valence-electron chi connectivity index (χ2n) is 5.66. The van der Waals surface area contributed by atoms with Gasteiger partial charge in [0.15, 0.2) is 0 Å². The summed E-state index contributed by atoms with van der Waals surface area (Å²) in [5.41, 5.74) is 0. The van der Waals surface area contributed by atoms with Crippen LogP contribution in [0.1, 0.15) is 19.2 Å². The van der Waals surface area contributed by atoms with E-state index in [9.17, 15) is 9.90 Å². The number of aromatic nitrogens is 3. The highest BCUT2D eigenvalue weighted by atomic mass is 16.4. The van der Waals surface area contributed by atoms with Crippen molar-refractivity contribution < 1.29 is 9.90 Å². The van der Waals surface area contributed by atoms with Crippen LogP contribution in [0.4, 0.5) is 11.9 Å². The zero-order valence-corrected chi connectivity index (χ0v) is 12.4. The van der Waals surface area contributed by atoms with E-state index >= 15 is 0 Å². The molecule has 0 aliphatic carbocycles. The summed E-state index contributed by atoms with van der Waals surface area (Å²) in [7, 11) is 3.74. The fraction of sp³-hybridized carbons (Fsp3) is 0.692. The highest BCUT2D eigenvalue weighted by Crippen LogP contribution is 2.25. The molecule has 110 valence electrons. The summed E-state index contributed by atoms with van der Waals surface area (Å²) < 4.78 is 0. The second kappa shape index (κ2) is 5.60. The van der Waals surface area contributed by atoms with Crippen LogP contribution in [0.2, 0.25) is 0 Å². The Morgan fingerprint density at radius 3 is 2.60 bits per heavy atom. The number of carboxylic acid groups (broad SMARTS) is 1. The largest absolute Gasteiger partial charge is 0.481 e. The first-order valence-electron chi connectivity index (χ1n) is 6.74. The number of rotatable bonds is 3. The van der Waals surface area contributed by atoms with Gasteiger partial charge in [-0.3, -0.25) is 4.79 Å². The van der Waals surface area contributed by atoms with E-state index in [-0.39, 0.29) is 5.92 Å². The molecule has 0 saturated carbocycles. The van der Waals surface area contributed by atoms with Crippen molar-refractivity contribution in [2.75, 3.05) is 37.0 Å². The van der Waals surface area contributed by atoms with Crippen LogP contribution in [0, 0.1) is 18.8 Å². The number of nitrogens with zero attached hydrogens (tertiary/aromatic N) is 5. The molecule has 0 bridgehead atoms. The van der Waals surface area contributed by atoms with E-state index in [1.54, 1.807) is 0 Å². The van der Waals surface area contributed by atoms with Crippen molar-refractivity contribution in [3.05, 3.63) is 5.82 Å². The van der Waals surface area contributed by atoms with Gasteiger partial charge < -0.3 is 14.9 Å². The summed E-state index contributed by atoms with van der Waals surface area (Å²) in [5.74, 6) is 1.00. The van der Waals surface area contributed by atoms with Gasteiger partial charge in [-0.25, -0.2) is 0 Å². The van der Waals surface area contributed by atoms with E-state index in [0.717, 1.165) is 6.54 Å². The fourth-order valence-corrected chi connectivity index (χ4v) is 2.49. The number of anilines is 2. The van der Waals surface area contributed by atoms with Gasteiger partial charge in [0, 0.05) is 27.2 Å². The molecule has 0 aromatic carbocycles. The minimum atomic E-state index is -0.750. The number of carboxylic acids is 1. The number of aryl methyl sites for hydroxylation is 1. The molecule has 1 aliphatic heterocycles. The van der Waals surface area contributed by atoms with Gasteiger partial charge >= 0.3 is 5.97 Å². The highest BCUT2D eigenvalue weighted by Gasteiger charge is 2.31. The standard InChI is InChI=1S/C13H21N5O2/c1-8-5-10(11(19)20)7-18(6-8)13-15-9(2)14-12(16-13)17(3)4/h8,10H,5-7H2,1-4H3,(H,19,20). The van der Waals surface area contributed by atoms with E-state index in [1.807, 2.05) is 30.8 Å². The molecule has 2 atom stereocenters. The fourth-order valence-electron chi connectivity index (χ4n) is 2.49. The predicted molar refractivity (Wildman–Crippen MR) is 76.0 cm³/mol. The summed E-state index contributed by atoms with van der Waals surface area (Å²) in [6.45, 7) is 5.11. The number of hydrogen-bond acceptors (Lipinski definition) is 6. The third kappa shape index (κ3) is 3.15. The van der Waals surface area contributed by atoms with Crippen molar-refractivity contribution in [1.82, 2.24) is 15.0 Å². The van der Waals surface area contributed by atoms with Crippen LogP contribution in [-0.4, -0.2) is 53.2 Å². The quantitative estimate of drug-likeness (QED) is 0.876. The van der Waals surface area contributed by atoms with Crippen LogP contribution < -0.4 is 9.80 Å². The lowest BCUT2D eigenvalue weighted by molar-refractivity contribution is -0.142. The van der Waals surface area contributed by atoms with Gasteiger partial charge in [0.1, 0.15) is 5.82 Å². The normalized spacial score (nSPS) is 22.7. The summed E-state index contributed by atoms with van der Waals surface area (Å²) in [5, 5.41) is 9.23. The Bertz CT molecular complexity index is 506. The Balaban J connectivity index is 2.28. The second-order valence-corrected chi connectivity index (χ2v) is 5.66. The zero-order valence-electron chi connectivity index (χ0n) is 12.4. The van der Waals surface area contributed by atoms with Crippen LogP contribution >= 0.6 is 0 Å². The monoisotopic (exact) mass is 279 g/mol. The lowest BCUT2D eigenvalue weighted by Gasteiger charge is -2.34. The summed E-state index contributed by atoms with van der Waals surface area (Å²) >= 11 is 0. The van der Waals surface area contributed by atoms with Crippen molar-refractivity contribution in [1.29, 1.82) is 0 Å². The Morgan fingerprint density at radius 1 is 1.30 bits per heavy atom. The minimum Gasteiger partial charge on any atom is -0.481 e. The maximum atomic E-state index is 11.2. The van der Waals surface area contributed by atoms with E-state index in [2.05, 4.69) is 21.9 Å². The van der Waals surface area contributed by atoms with Gasteiger partial charge in [-0.1, -0.05) is 6.92 Å². The zero-order chi connectivity index (χ0) is 14.9. The molecule has 2 rings (SSSR count). The smallest absolute Gasteiger partial charge is 0.308 e. The third-order valence-corrected chi connectivity index (χ3v) is 3.42. The molecule has 20 heavy (non-hydrogen) atoms. The van der Waals surface area contributed by atoms with Gasteiger partial charge in [-0.2, -0.15) is 15.0 Å². The van der Waals surface area contributed by atoms with Crippen molar-refractivity contribution in [2.45, 2.75) is 20.3 Å². The average Bonchev–Trinajstić information content (AvgIpc) is 2.37. The maximum absolute atomic E-state index is 11.2. The SMILES string of the molecule is Cc1nc(N(C)C)nc(N2CC(C)CC(C(=O)O)C2)n1. The number of carbonyl (C=O) groups is 1. The Labute approximate surface area is 118 Å². The van der Waals surface area contributed by atoms with Crippen molar-refractivity contribution in [3.63, 3.8) is 0 Å². The lowest BCUT2D eigenvalue weighted by atomic mass is 9.91. The van der Waals surface area contributed by atoms with Crippen LogP contribution in [0.25, 0.3) is 0 Å². The van der Waals surface area contributed by atoms with Gasteiger partial charge in [0.05, 0.1) is 5.92 Å².